The lowest BCUT2D eigenvalue weighted by atomic mass is 10.0. The van der Waals surface area contributed by atoms with Crippen LogP contribution in [-0.2, 0) is 13.8 Å². The lowest BCUT2D eigenvalue weighted by molar-refractivity contribution is 0.0862. The van der Waals surface area contributed by atoms with Crippen molar-refractivity contribution in [2.24, 2.45) is 5.92 Å². The van der Waals surface area contributed by atoms with Gasteiger partial charge in [-0.25, -0.2) is 12.8 Å². The summed E-state index contributed by atoms with van der Waals surface area (Å²) in [5, 5.41) is 2.61. The molecule has 1 aromatic carbocycles. The highest BCUT2D eigenvalue weighted by Crippen LogP contribution is 2.19. The molecule has 0 radical (unpaired) electrons. The summed E-state index contributed by atoms with van der Waals surface area (Å²) >= 11 is 0. The van der Waals surface area contributed by atoms with Crippen LogP contribution in [0.2, 0.25) is 0 Å². The van der Waals surface area contributed by atoms with E-state index in [2.05, 4.69) is 5.32 Å². The Kier molecular flexibility index (Phi) is 6.12. The van der Waals surface area contributed by atoms with Crippen molar-refractivity contribution in [2.45, 2.75) is 24.8 Å². The number of hydrogen-bond acceptors (Lipinski definition) is 4. The molecule has 0 aliphatic carbocycles. The molecule has 0 saturated carbocycles. The zero-order valence-electron chi connectivity index (χ0n) is 11.9. The van der Waals surface area contributed by atoms with E-state index in [1.807, 2.05) is 13.8 Å². The van der Waals surface area contributed by atoms with Gasteiger partial charge in [0.2, 0.25) is 0 Å². The van der Waals surface area contributed by atoms with Gasteiger partial charge in [0.05, 0.1) is 23.1 Å². The van der Waals surface area contributed by atoms with Crippen LogP contribution in [0.25, 0.3) is 0 Å². The normalized spacial score (nSPS) is 13.2. The van der Waals surface area contributed by atoms with Crippen LogP contribution in [0, 0.1) is 11.7 Å². The smallest absolute Gasteiger partial charge is 0.261 e. The quantitative estimate of drug-likeness (QED) is 0.807. The molecule has 21 heavy (non-hydrogen) atoms. The Bertz CT molecular complexity index is 619. The van der Waals surface area contributed by atoms with Crippen molar-refractivity contribution in [3.8, 4) is 0 Å². The number of rotatable bonds is 6. The number of amides is 1. The first-order valence-electron chi connectivity index (χ1n) is 6.20. The zero-order chi connectivity index (χ0) is 16.2. The van der Waals surface area contributed by atoms with E-state index in [1.54, 1.807) is 0 Å². The molecule has 1 atom stereocenters. The molecule has 0 aromatic heterocycles. The Morgan fingerprint density at radius 3 is 2.52 bits per heavy atom. The maximum Gasteiger partial charge on any atom is 0.261 e. The number of hydrogen-bond donors (Lipinski definition) is 1. The monoisotopic (exact) mass is 337 g/mol. The minimum atomic E-state index is -4.03. The third-order valence-corrected chi connectivity index (χ3v) is 4.28. The third kappa shape index (κ3) is 4.94. The van der Waals surface area contributed by atoms with Crippen molar-refractivity contribution in [3.05, 3.63) is 29.6 Å². The number of carbonyl (C=O) groups is 1. The largest absolute Gasteiger partial charge is 0.383 e. The first kappa shape index (κ1) is 17.9. The van der Waals surface area contributed by atoms with Gasteiger partial charge in [0.1, 0.15) is 5.82 Å². The van der Waals surface area contributed by atoms with Crippen LogP contribution in [0.15, 0.2) is 23.1 Å². The number of carbonyl (C=O) groups excluding carboxylic acids is 1. The summed E-state index contributed by atoms with van der Waals surface area (Å²) in [6, 6.07) is 2.49. The fraction of sp³-hybridized carbons (Fsp3) is 0.462. The maximum atomic E-state index is 13.7. The molecule has 1 amide bonds. The molecule has 0 aliphatic heterocycles. The van der Waals surface area contributed by atoms with Crippen molar-refractivity contribution < 1.29 is 22.3 Å². The van der Waals surface area contributed by atoms with Gasteiger partial charge in [-0.1, -0.05) is 13.8 Å². The number of ether oxygens (including phenoxy) is 1. The van der Waals surface area contributed by atoms with Crippen LogP contribution in [0.5, 0.6) is 0 Å². The van der Waals surface area contributed by atoms with E-state index in [0.717, 1.165) is 18.2 Å². The van der Waals surface area contributed by atoms with E-state index in [-0.39, 0.29) is 29.0 Å². The lowest BCUT2D eigenvalue weighted by Gasteiger charge is -2.21. The Morgan fingerprint density at radius 1 is 1.43 bits per heavy atom. The fourth-order valence-corrected chi connectivity index (χ4v) is 2.43. The van der Waals surface area contributed by atoms with Crippen LogP contribution >= 0.6 is 10.7 Å². The van der Waals surface area contributed by atoms with E-state index in [1.165, 1.54) is 7.11 Å². The topological polar surface area (TPSA) is 72.5 Å². The van der Waals surface area contributed by atoms with Gasteiger partial charge in [0.25, 0.3) is 15.0 Å². The first-order chi connectivity index (χ1) is 9.66. The van der Waals surface area contributed by atoms with Crippen molar-refractivity contribution in [2.75, 3.05) is 13.7 Å². The molecule has 0 saturated heterocycles. The summed E-state index contributed by atoms with van der Waals surface area (Å²) in [4.78, 5) is 11.8. The summed E-state index contributed by atoms with van der Waals surface area (Å²) in [6.07, 6.45) is 0. The average Bonchev–Trinajstić information content (AvgIpc) is 2.36. The predicted octanol–water partition coefficient (Wildman–Crippen LogP) is 2.15. The van der Waals surface area contributed by atoms with E-state index in [9.17, 15) is 17.6 Å². The second-order valence-corrected chi connectivity index (χ2v) is 7.42. The molecule has 1 rings (SSSR count). The minimum Gasteiger partial charge on any atom is -0.383 e. The molecule has 8 heteroatoms. The highest BCUT2D eigenvalue weighted by Gasteiger charge is 2.21. The van der Waals surface area contributed by atoms with Crippen LogP contribution in [0.1, 0.15) is 24.2 Å². The standard InChI is InChI=1S/C13H17ClFNO4S/c1-8(2)12(7-20-3)16-13(17)10-6-9(21(14,18)19)4-5-11(10)15/h4-6,8,12H,7H2,1-3H3,(H,16,17). The van der Waals surface area contributed by atoms with Crippen molar-refractivity contribution in [3.63, 3.8) is 0 Å². The molecule has 1 aromatic rings. The van der Waals surface area contributed by atoms with E-state index in [0.29, 0.717) is 0 Å². The molecule has 0 spiro atoms. The van der Waals surface area contributed by atoms with Gasteiger partial charge < -0.3 is 10.1 Å². The summed E-state index contributed by atoms with van der Waals surface area (Å²) in [5.41, 5.74) is -0.376. The molecule has 0 aliphatic rings. The summed E-state index contributed by atoms with van der Waals surface area (Å²) in [6.45, 7) is 4.01. The van der Waals surface area contributed by atoms with Gasteiger partial charge in [0, 0.05) is 17.8 Å². The molecule has 0 fully saturated rings. The number of benzene rings is 1. The Labute approximate surface area is 127 Å². The van der Waals surface area contributed by atoms with Crippen LogP contribution in [0.4, 0.5) is 4.39 Å². The summed E-state index contributed by atoms with van der Waals surface area (Å²) < 4.78 is 41.2. The van der Waals surface area contributed by atoms with E-state index >= 15 is 0 Å². The number of methoxy groups -OCH3 is 1. The second-order valence-electron chi connectivity index (χ2n) is 4.86. The molecule has 0 bridgehead atoms. The van der Waals surface area contributed by atoms with Crippen molar-refractivity contribution in [1.82, 2.24) is 5.32 Å². The number of halogens is 2. The lowest BCUT2D eigenvalue weighted by Crippen LogP contribution is -2.42. The van der Waals surface area contributed by atoms with Gasteiger partial charge in [-0.15, -0.1) is 0 Å². The SMILES string of the molecule is COCC(NC(=O)c1cc(S(=O)(=O)Cl)ccc1F)C(C)C. The highest BCUT2D eigenvalue weighted by atomic mass is 35.7. The molecule has 5 nitrogen and oxygen atoms in total. The fourth-order valence-electron chi connectivity index (χ4n) is 1.66. The van der Waals surface area contributed by atoms with Crippen molar-refractivity contribution >= 4 is 25.6 Å². The molecular formula is C13H17ClFNO4S. The van der Waals surface area contributed by atoms with E-state index in [4.69, 9.17) is 15.4 Å². The van der Waals surface area contributed by atoms with Gasteiger partial charge in [-0.05, 0) is 24.1 Å². The van der Waals surface area contributed by atoms with Gasteiger partial charge in [-0.2, -0.15) is 0 Å². The molecule has 1 unspecified atom stereocenters. The third-order valence-electron chi connectivity index (χ3n) is 2.93. The Hall–Kier alpha value is -1.18. The van der Waals surface area contributed by atoms with E-state index < -0.39 is 20.8 Å². The first-order valence-corrected chi connectivity index (χ1v) is 8.51. The molecular weight excluding hydrogens is 321 g/mol. The molecule has 118 valence electrons. The second kappa shape index (κ2) is 7.20. The van der Waals surface area contributed by atoms with Crippen LogP contribution < -0.4 is 5.32 Å². The summed E-state index contributed by atoms with van der Waals surface area (Å²) in [5.74, 6) is -1.47. The van der Waals surface area contributed by atoms with Crippen molar-refractivity contribution in [1.29, 1.82) is 0 Å². The summed E-state index contributed by atoms with van der Waals surface area (Å²) in [7, 11) is 2.65. The van der Waals surface area contributed by atoms with Crippen LogP contribution in [0.3, 0.4) is 0 Å². The van der Waals surface area contributed by atoms with Gasteiger partial charge >= 0.3 is 0 Å². The molecule has 1 N–H and O–H groups in total. The van der Waals surface area contributed by atoms with Gasteiger partial charge in [-0.3, -0.25) is 4.79 Å². The molecule has 0 heterocycles. The average molecular weight is 338 g/mol. The zero-order valence-corrected chi connectivity index (χ0v) is 13.5. The highest BCUT2D eigenvalue weighted by molar-refractivity contribution is 8.13. The Morgan fingerprint density at radius 2 is 2.05 bits per heavy atom. The Balaban J connectivity index is 3.07. The number of nitrogens with one attached hydrogen (secondary N) is 1. The van der Waals surface area contributed by atoms with Gasteiger partial charge in [0.15, 0.2) is 0 Å². The minimum absolute atomic E-state index is 0.0666. The maximum absolute atomic E-state index is 13.7. The predicted molar refractivity (Wildman–Crippen MR) is 77.4 cm³/mol. The van der Waals surface area contributed by atoms with Crippen LogP contribution in [-0.4, -0.2) is 34.1 Å².